The minimum Gasteiger partial charge on any atom is -0.409 e. The molecular formula is C15H25N5O. The Morgan fingerprint density at radius 3 is 2.57 bits per heavy atom. The van der Waals surface area contributed by atoms with Crippen molar-refractivity contribution in [3.05, 3.63) is 16.8 Å². The monoisotopic (exact) mass is 291 g/mol. The number of nitrogens with zero attached hydrogens (tertiary/aromatic N) is 4. The molecule has 1 aromatic rings. The molecule has 0 radical (unpaired) electrons. The lowest BCUT2D eigenvalue weighted by Crippen LogP contribution is -2.41. The van der Waals surface area contributed by atoms with Gasteiger partial charge < -0.3 is 15.8 Å². The number of hydrogen-bond donors (Lipinski definition) is 2. The van der Waals surface area contributed by atoms with E-state index in [4.69, 9.17) is 10.9 Å². The molecule has 0 amide bonds. The minimum atomic E-state index is 0.0933. The molecule has 0 spiro atoms. The fourth-order valence-electron chi connectivity index (χ4n) is 3.23. The van der Waals surface area contributed by atoms with Crippen molar-refractivity contribution in [2.45, 2.75) is 52.5 Å². The summed E-state index contributed by atoms with van der Waals surface area (Å²) >= 11 is 0. The average molecular weight is 291 g/mol. The van der Waals surface area contributed by atoms with E-state index in [0.29, 0.717) is 23.3 Å². The van der Waals surface area contributed by atoms with E-state index in [0.717, 1.165) is 17.7 Å². The summed E-state index contributed by atoms with van der Waals surface area (Å²) in [6, 6.07) is 0.417. The van der Waals surface area contributed by atoms with E-state index in [-0.39, 0.29) is 5.84 Å². The lowest BCUT2D eigenvalue weighted by Gasteiger charge is -2.37. The number of aryl methyl sites for hydroxylation is 1. The summed E-state index contributed by atoms with van der Waals surface area (Å²) < 4.78 is 0. The van der Waals surface area contributed by atoms with Gasteiger partial charge in [0, 0.05) is 13.1 Å². The second-order valence-corrected chi connectivity index (χ2v) is 6.03. The molecule has 2 atom stereocenters. The van der Waals surface area contributed by atoms with E-state index >= 15 is 0 Å². The predicted molar refractivity (Wildman–Crippen MR) is 83.8 cm³/mol. The van der Waals surface area contributed by atoms with E-state index in [1.807, 2.05) is 20.9 Å². The van der Waals surface area contributed by atoms with Crippen LogP contribution in [-0.4, -0.2) is 34.3 Å². The molecule has 3 N–H and O–H groups in total. The van der Waals surface area contributed by atoms with Gasteiger partial charge in [0.15, 0.2) is 11.7 Å². The first-order valence-electron chi connectivity index (χ1n) is 7.52. The van der Waals surface area contributed by atoms with Crippen molar-refractivity contribution in [1.29, 1.82) is 0 Å². The van der Waals surface area contributed by atoms with Gasteiger partial charge in [0.2, 0.25) is 0 Å². The quantitative estimate of drug-likeness (QED) is 0.386. The molecule has 0 saturated heterocycles. The summed E-state index contributed by atoms with van der Waals surface area (Å²) in [5.74, 6) is 1.40. The molecule has 0 bridgehead atoms. The van der Waals surface area contributed by atoms with Gasteiger partial charge in [-0.3, -0.25) is 0 Å². The highest BCUT2D eigenvalue weighted by molar-refractivity contribution is 6.02. The molecule has 0 aromatic carbocycles. The van der Waals surface area contributed by atoms with Crippen LogP contribution in [0.25, 0.3) is 0 Å². The standard InChI is InChI=1S/C15H25N5O/c1-9-7-5-6-8-12(9)20(4)15-13(14(16)19-21)10(2)11(3)17-18-15/h9,12,21H,5-8H2,1-4H3,(H2,16,19). The highest BCUT2D eigenvalue weighted by Gasteiger charge is 2.29. The third-order valence-corrected chi connectivity index (χ3v) is 4.70. The Balaban J connectivity index is 2.45. The maximum absolute atomic E-state index is 9.07. The predicted octanol–water partition coefficient (Wildman–Crippen LogP) is 2.20. The number of hydrogen-bond acceptors (Lipinski definition) is 5. The van der Waals surface area contributed by atoms with E-state index in [9.17, 15) is 0 Å². The van der Waals surface area contributed by atoms with Crippen LogP contribution in [-0.2, 0) is 0 Å². The van der Waals surface area contributed by atoms with E-state index in [1.54, 1.807) is 0 Å². The molecule has 1 aliphatic carbocycles. The molecule has 1 fully saturated rings. The minimum absolute atomic E-state index is 0.0933. The van der Waals surface area contributed by atoms with Gasteiger partial charge in [0.1, 0.15) is 0 Å². The molecule has 0 aliphatic heterocycles. The molecule has 2 rings (SSSR count). The number of nitrogens with two attached hydrogens (primary N) is 1. The number of rotatable bonds is 3. The van der Waals surface area contributed by atoms with Gasteiger partial charge in [-0.1, -0.05) is 24.9 Å². The van der Waals surface area contributed by atoms with E-state index in [2.05, 4.69) is 27.2 Å². The number of anilines is 1. The summed E-state index contributed by atoms with van der Waals surface area (Å²) in [6.45, 7) is 6.08. The molecule has 6 nitrogen and oxygen atoms in total. The Hall–Kier alpha value is -1.85. The van der Waals surface area contributed by atoms with Crippen molar-refractivity contribution in [3.8, 4) is 0 Å². The molecule has 21 heavy (non-hydrogen) atoms. The van der Waals surface area contributed by atoms with Crippen molar-refractivity contribution in [1.82, 2.24) is 10.2 Å². The highest BCUT2D eigenvalue weighted by Crippen LogP contribution is 2.31. The summed E-state index contributed by atoms with van der Waals surface area (Å²) in [4.78, 5) is 2.15. The topological polar surface area (TPSA) is 87.6 Å². The van der Waals surface area contributed by atoms with Crippen LogP contribution in [0.2, 0.25) is 0 Å². The molecule has 6 heteroatoms. The van der Waals surface area contributed by atoms with Gasteiger partial charge in [0.05, 0.1) is 11.3 Å². The SMILES string of the molecule is Cc1nnc(N(C)C2CCCCC2C)c(C(N)=NO)c1C. The van der Waals surface area contributed by atoms with Crippen molar-refractivity contribution in [3.63, 3.8) is 0 Å². The lowest BCUT2D eigenvalue weighted by molar-refractivity contribution is 0.317. The van der Waals surface area contributed by atoms with Gasteiger partial charge in [-0.15, -0.1) is 5.10 Å². The van der Waals surface area contributed by atoms with Gasteiger partial charge >= 0.3 is 0 Å². The molecule has 1 saturated carbocycles. The maximum Gasteiger partial charge on any atom is 0.174 e. The van der Waals surface area contributed by atoms with Crippen molar-refractivity contribution >= 4 is 11.7 Å². The van der Waals surface area contributed by atoms with Crippen LogP contribution >= 0.6 is 0 Å². The first-order chi connectivity index (χ1) is 9.97. The average Bonchev–Trinajstić information content (AvgIpc) is 2.49. The second kappa shape index (κ2) is 6.28. The summed E-state index contributed by atoms with van der Waals surface area (Å²) in [5, 5.41) is 20.8. The summed E-state index contributed by atoms with van der Waals surface area (Å²) in [6.07, 6.45) is 4.89. The van der Waals surface area contributed by atoms with Crippen LogP contribution in [0.4, 0.5) is 5.82 Å². The summed E-state index contributed by atoms with van der Waals surface area (Å²) in [5.41, 5.74) is 8.26. The number of oxime groups is 1. The Labute approximate surface area is 126 Å². The normalized spacial score (nSPS) is 23.1. The molecular weight excluding hydrogens is 266 g/mol. The zero-order valence-electron chi connectivity index (χ0n) is 13.3. The Kier molecular flexibility index (Phi) is 4.65. The Morgan fingerprint density at radius 1 is 1.29 bits per heavy atom. The van der Waals surface area contributed by atoms with Crippen LogP contribution in [0, 0.1) is 19.8 Å². The highest BCUT2D eigenvalue weighted by atomic mass is 16.4. The molecule has 2 unspecified atom stereocenters. The second-order valence-electron chi connectivity index (χ2n) is 6.03. The fourth-order valence-corrected chi connectivity index (χ4v) is 3.23. The molecule has 1 aromatic heterocycles. The Bertz CT molecular complexity index is 543. The fraction of sp³-hybridized carbons (Fsp3) is 0.667. The van der Waals surface area contributed by atoms with Gasteiger partial charge in [-0.05, 0) is 38.2 Å². The smallest absolute Gasteiger partial charge is 0.174 e. The summed E-state index contributed by atoms with van der Waals surface area (Å²) in [7, 11) is 2.03. The third kappa shape index (κ3) is 2.94. The van der Waals surface area contributed by atoms with Crippen molar-refractivity contribution in [2.24, 2.45) is 16.8 Å². The van der Waals surface area contributed by atoms with E-state index < -0.39 is 0 Å². The largest absolute Gasteiger partial charge is 0.409 e. The molecule has 116 valence electrons. The Morgan fingerprint density at radius 2 is 1.95 bits per heavy atom. The van der Waals surface area contributed by atoms with Gasteiger partial charge in [-0.2, -0.15) is 5.10 Å². The number of aromatic nitrogens is 2. The first kappa shape index (κ1) is 15.5. The van der Waals surface area contributed by atoms with Gasteiger partial charge in [-0.25, -0.2) is 0 Å². The van der Waals surface area contributed by atoms with Crippen LogP contribution in [0.1, 0.15) is 49.4 Å². The third-order valence-electron chi connectivity index (χ3n) is 4.70. The van der Waals surface area contributed by atoms with Crippen LogP contribution < -0.4 is 10.6 Å². The lowest BCUT2D eigenvalue weighted by atomic mass is 9.85. The van der Waals surface area contributed by atoms with Crippen LogP contribution in [0.15, 0.2) is 5.16 Å². The van der Waals surface area contributed by atoms with Crippen LogP contribution in [0.5, 0.6) is 0 Å². The van der Waals surface area contributed by atoms with Crippen molar-refractivity contribution in [2.75, 3.05) is 11.9 Å². The van der Waals surface area contributed by atoms with Gasteiger partial charge in [0.25, 0.3) is 0 Å². The molecule has 1 aliphatic rings. The maximum atomic E-state index is 9.07. The van der Waals surface area contributed by atoms with E-state index in [1.165, 1.54) is 19.3 Å². The zero-order chi connectivity index (χ0) is 15.6. The first-order valence-corrected chi connectivity index (χ1v) is 7.52. The molecule has 1 heterocycles. The zero-order valence-corrected chi connectivity index (χ0v) is 13.3. The number of amidine groups is 1. The van der Waals surface area contributed by atoms with Crippen LogP contribution in [0.3, 0.4) is 0 Å². The van der Waals surface area contributed by atoms with Crippen molar-refractivity contribution < 1.29 is 5.21 Å².